The first kappa shape index (κ1) is 15.5. The number of halogens is 3. The first-order valence-electron chi connectivity index (χ1n) is 6.33. The topological polar surface area (TPSA) is 53.4 Å². The van der Waals surface area contributed by atoms with Crippen LogP contribution in [0, 0.1) is 0 Å². The molecule has 22 heavy (non-hydrogen) atoms. The molecule has 1 saturated heterocycles. The van der Waals surface area contributed by atoms with Gasteiger partial charge in [0.15, 0.2) is 0 Å². The van der Waals surface area contributed by atoms with Gasteiger partial charge in [-0.2, -0.15) is 0 Å². The second kappa shape index (κ2) is 5.07. The summed E-state index contributed by atoms with van der Waals surface area (Å²) < 4.78 is 29.0. The van der Waals surface area contributed by atoms with Gasteiger partial charge in [0.1, 0.15) is 9.61 Å². The minimum Gasteiger partial charge on any atom is -0.371 e. The highest BCUT2D eigenvalue weighted by Crippen LogP contribution is 2.45. The van der Waals surface area contributed by atoms with Crippen molar-refractivity contribution < 1.29 is 18.7 Å². The summed E-state index contributed by atoms with van der Waals surface area (Å²) in [6, 6.07) is 5.94. The molecule has 1 fully saturated rings. The molecule has 1 aromatic carbocycles. The lowest BCUT2D eigenvalue weighted by atomic mass is 9.88. The molecule has 1 aliphatic heterocycles. The number of amides is 1. The molecule has 2 heterocycles. The molecule has 0 bridgehead atoms. The van der Waals surface area contributed by atoms with Crippen LogP contribution in [0.5, 0.6) is 0 Å². The molecule has 1 N–H and O–H groups in total. The third kappa shape index (κ3) is 2.17. The second-order valence-electron chi connectivity index (χ2n) is 5.13. The summed E-state index contributed by atoms with van der Waals surface area (Å²) in [6.07, 6.45) is 0. The van der Waals surface area contributed by atoms with Crippen molar-refractivity contribution in [3.63, 3.8) is 0 Å². The van der Waals surface area contributed by atoms with E-state index < -0.39 is 24.0 Å². The van der Waals surface area contributed by atoms with Gasteiger partial charge in [0.05, 0.1) is 6.54 Å². The average Bonchev–Trinajstić information content (AvgIpc) is 2.97. The van der Waals surface area contributed by atoms with Crippen molar-refractivity contribution in [1.82, 2.24) is 9.88 Å². The zero-order valence-electron chi connectivity index (χ0n) is 11.4. The van der Waals surface area contributed by atoms with E-state index >= 15 is 0 Å². The molecule has 0 spiro atoms. The maximum absolute atomic E-state index is 14.2. The Hall–Kier alpha value is -1.38. The highest BCUT2D eigenvalue weighted by Gasteiger charge is 2.66. The maximum Gasteiger partial charge on any atom is 0.306 e. The second-order valence-corrected chi connectivity index (χ2v) is 6.80. The molecule has 1 amide bonds. The van der Waals surface area contributed by atoms with Gasteiger partial charge < -0.3 is 10.0 Å². The van der Waals surface area contributed by atoms with Crippen molar-refractivity contribution in [2.45, 2.75) is 11.5 Å². The third-order valence-corrected chi connectivity index (χ3v) is 5.23. The summed E-state index contributed by atoms with van der Waals surface area (Å²) in [5.41, 5.74) is -2.40. The lowest BCUT2D eigenvalue weighted by Gasteiger charge is -2.26. The third-order valence-electron chi connectivity index (χ3n) is 3.62. The van der Waals surface area contributed by atoms with Crippen LogP contribution in [0.3, 0.4) is 0 Å². The Morgan fingerprint density at radius 1 is 1.45 bits per heavy atom. The lowest BCUT2D eigenvalue weighted by Crippen LogP contribution is -2.47. The summed E-state index contributed by atoms with van der Waals surface area (Å²) in [5, 5.41) is 12.8. The highest BCUT2D eigenvalue weighted by molar-refractivity contribution is 9.10. The predicted octanol–water partition coefficient (Wildman–Crippen LogP) is 2.87. The van der Waals surface area contributed by atoms with Crippen LogP contribution in [0.1, 0.15) is 5.56 Å². The quantitative estimate of drug-likeness (QED) is 0.860. The molecule has 0 aliphatic carbocycles. The Balaban J connectivity index is 2.11. The van der Waals surface area contributed by atoms with E-state index in [0.717, 1.165) is 4.90 Å². The standard InChI is InChI=1S/C14H11BrF2N2O2S/c1-19-7-13(16,17)14(21,12(19)20)9-4-2-3-8(5-9)11-18-10(15)6-22-11/h2-6,21H,7H2,1H3. The molecular formula is C14H11BrF2N2O2S. The number of hydrogen-bond acceptors (Lipinski definition) is 4. The number of nitrogens with zero attached hydrogens (tertiary/aromatic N) is 2. The first-order valence-corrected chi connectivity index (χ1v) is 8.01. The minimum absolute atomic E-state index is 0.129. The average molecular weight is 389 g/mol. The van der Waals surface area contributed by atoms with Gasteiger partial charge in [0.25, 0.3) is 5.91 Å². The minimum atomic E-state index is -3.55. The lowest BCUT2D eigenvalue weighted by molar-refractivity contribution is -0.173. The fourth-order valence-electron chi connectivity index (χ4n) is 2.52. The van der Waals surface area contributed by atoms with E-state index in [9.17, 15) is 18.7 Å². The van der Waals surface area contributed by atoms with Crippen LogP contribution in [0.2, 0.25) is 0 Å². The highest BCUT2D eigenvalue weighted by atomic mass is 79.9. The number of aromatic nitrogens is 1. The van der Waals surface area contributed by atoms with Crippen molar-refractivity contribution >= 4 is 33.2 Å². The number of likely N-dealkylation sites (N-methyl/N-ethyl adjacent to an activating group) is 1. The summed E-state index contributed by atoms with van der Waals surface area (Å²) in [6.45, 7) is -0.810. The van der Waals surface area contributed by atoms with Gasteiger partial charge in [-0.3, -0.25) is 4.79 Å². The van der Waals surface area contributed by atoms with Gasteiger partial charge in [-0.05, 0) is 27.6 Å². The SMILES string of the molecule is CN1CC(F)(F)C(O)(c2cccc(-c3nc(Br)cs3)c2)C1=O. The Morgan fingerprint density at radius 3 is 2.73 bits per heavy atom. The number of carbonyl (C=O) groups is 1. The van der Waals surface area contributed by atoms with Crippen LogP contribution in [0.4, 0.5) is 8.78 Å². The number of rotatable bonds is 2. The zero-order valence-corrected chi connectivity index (χ0v) is 13.8. The van der Waals surface area contributed by atoms with Crippen LogP contribution in [0.15, 0.2) is 34.2 Å². The van der Waals surface area contributed by atoms with E-state index in [1.54, 1.807) is 11.4 Å². The van der Waals surface area contributed by atoms with Crippen LogP contribution in [-0.4, -0.2) is 40.4 Å². The van der Waals surface area contributed by atoms with Gasteiger partial charge in [0.2, 0.25) is 5.60 Å². The fraction of sp³-hybridized carbons (Fsp3) is 0.286. The molecule has 8 heteroatoms. The van der Waals surface area contributed by atoms with Gasteiger partial charge in [0, 0.05) is 18.0 Å². The Kier molecular flexibility index (Phi) is 3.58. The fourth-order valence-corrected chi connectivity index (χ4v) is 3.77. The molecule has 1 aromatic heterocycles. The molecule has 1 aliphatic rings. The molecule has 2 aromatic rings. The number of carbonyl (C=O) groups excluding carboxylic acids is 1. The van der Waals surface area contributed by atoms with E-state index in [-0.39, 0.29) is 5.56 Å². The summed E-state index contributed by atoms with van der Waals surface area (Å²) in [4.78, 5) is 17.1. The number of thiazole rings is 1. The van der Waals surface area contributed by atoms with E-state index in [1.807, 2.05) is 0 Å². The number of benzene rings is 1. The molecule has 3 rings (SSSR count). The zero-order chi connectivity index (χ0) is 16.1. The van der Waals surface area contributed by atoms with E-state index in [0.29, 0.717) is 15.2 Å². The largest absolute Gasteiger partial charge is 0.371 e. The molecule has 1 unspecified atom stereocenters. The van der Waals surface area contributed by atoms with Crippen molar-refractivity contribution in [2.75, 3.05) is 13.6 Å². The Bertz CT molecular complexity index is 752. The normalized spacial score (nSPS) is 24.0. The molecule has 116 valence electrons. The van der Waals surface area contributed by atoms with Crippen molar-refractivity contribution in [2.24, 2.45) is 0 Å². The maximum atomic E-state index is 14.2. The molecule has 4 nitrogen and oxygen atoms in total. The number of alkyl halides is 2. The van der Waals surface area contributed by atoms with E-state index in [2.05, 4.69) is 20.9 Å². The van der Waals surface area contributed by atoms with Crippen molar-refractivity contribution in [3.8, 4) is 10.6 Å². The number of hydrogen-bond donors (Lipinski definition) is 1. The molecular weight excluding hydrogens is 378 g/mol. The summed E-state index contributed by atoms with van der Waals surface area (Å²) in [7, 11) is 1.25. The van der Waals surface area contributed by atoms with Crippen molar-refractivity contribution in [3.05, 3.63) is 39.8 Å². The Morgan fingerprint density at radius 2 is 2.18 bits per heavy atom. The van der Waals surface area contributed by atoms with Gasteiger partial charge >= 0.3 is 5.92 Å². The van der Waals surface area contributed by atoms with Gasteiger partial charge in [-0.1, -0.05) is 18.2 Å². The van der Waals surface area contributed by atoms with E-state index in [1.165, 1.54) is 36.6 Å². The summed E-state index contributed by atoms with van der Waals surface area (Å²) in [5.74, 6) is -4.56. The van der Waals surface area contributed by atoms with Crippen LogP contribution < -0.4 is 0 Å². The van der Waals surface area contributed by atoms with Gasteiger partial charge in [-0.25, -0.2) is 13.8 Å². The monoisotopic (exact) mass is 388 g/mol. The van der Waals surface area contributed by atoms with Crippen LogP contribution in [-0.2, 0) is 10.4 Å². The summed E-state index contributed by atoms with van der Waals surface area (Å²) >= 11 is 4.56. The van der Waals surface area contributed by atoms with Crippen LogP contribution in [0.25, 0.3) is 10.6 Å². The molecule has 0 saturated carbocycles. The molecule has 1 atom stereocenters. The first-order chi connectivity index (χ1) is 10.3. The molecule has 0 radical (unpaired) electrons. The number of aliphatic hydroxyl groups is 1. The Labute approximate surface area is 137 Å². The smallest absolute Gasteiger partial charge is 0.306 e. The van der Waals surface area contributed by atoms with Crippen LogP contribution >= 0.6 is 27.3 Å². The van der Waals surface area contributed by atoms with Gasteiger partial charge in [-0.15, -0.1) is 11.3 Å². The van der Waals surface area contributed by atoms with E-state index in [4.69, 9.17) is 0 Å². The predicted molar refractivity (Wildman–Crippen MR) is 81.7 cm³/mol. The number of likely N-dealkylation sites (tertiary alicyclic amines) is 1. The van der Waals surface area contributed by atoms with Crippen molar-refractivity contribution in [1.29, 1.82) is 0 Å².